The van der Waals surface area contributed by atoms with Gasteiger partial charge in [0.25, 0.3) is 0 Å². The average Bonchev–Trinajstić information content (AvgIpc) is 2.76. The SMILES string of the molecule is Cc1cc2c(cc1CN(C)CC(C)(C)C#N)OCO2. The van der Waals surface area contributed by atoms with Crippen molar-refractivity contribution in [3.05, 3.63) is 23.3 Å². The highest BCUT2D eigenvalue weighted by Gasteiger charge is 2.21. The second-order valence-corrected chi connectivity index (χ2v) is 5.80. The molecule has 2 rings (SSSR count). The maximum absolute atomic E-state index is 9.08. The van der Waals surface area contributed by atoms with Crippen LogP contribution in [-0.4, -0.2) is 25.3 Å². The van der Waals surface area contributed by atoms with Gasteiger partial charge in [-0.15, -0.1) is 0 Å². The van der Waals surface area contributed by atoms with Crippen molar-refractivity contribution >= 4 is 0 Å². The molecule has 0 atom stereocenters. The number of rotatable bonds is 4. The third kappa shape index (κ3) is 3.18. The van der Waals surface area contributed by atoms with Crippen LogP contribution in [0.2, 0.25) is 0 Å². The van der Waals surface area contributed by atoms with E-state index in [0.717, 1.165) is 24.6 Å². The molecule has 0 saturated carbocycles. The number of benzene rings is 1. The lowest BCUT2D eigenvalue weighted by Gasteiger charge is -2.25. The van der Waals surface area contributed by atoms with Crippen LogP contribution in [0, 0.1) is 23.7 Å². The smallest absolute Gasteiger partial charge is 0.231 e. The number of nitriles is 1. The van der Waals surface area contributed by atoms with Crippen LogP contribution in [0.5, 0.6) is 11.5 Å². The molecule has 0 saturated heterocycles. The Hall–Kier alpha value is -1.73. The predicted molar refractivity (Wildman–Crippen MR) is 73.0 cm³/mol. The van der Waals surface area contributed by atoms with Crippen LogP contribution in [0.3, 0.4) is 0 Å². The summed E-state index contributed by atoms with van der Waals surface area (Å²) in [6, 6.07) is 6.38. The average molecular weight is 260 g/mol. The lowest BCUT2D eigenvalue weighted by Crippen LogP contribution is -2.30. The fourth-order valence-electron chi connectivity index (χ4n) is 2.31. The number of hydrogen-bond acceptors (Lipinski definition) is 4. The zero-order valence-electron chi connectivity index (χ0n) is 12.0. The normalized spacial score (nSPS) is 13.7. The van der Waals surface area contributed by atoms with Gasteiger partial charge in [-0.1, -0.05) is 0 Å². The molecule has 0 amide bonds. The quantitative estimate of drug-likeness (QED) is 0.835. The molecule has 0 spiro atoms. The second-order valence-electron chi connectivity index (χ2n) is 5.80. The number of hydrogen-bond donors (Lipinski definition) is 0. The van der Waals surface area contributed by atoms with Crippen LogP contribution in [0.25, 0.3) is 0 Å². The molecule has 1 aromatic rings. The maximum Gasteiger partial charge on any atom is 0.231 e. The largest absolute Gasteiger partial charge is 0.454 e. The Kier molecular flexibility index (Phi) is 3.68. The van der Waals surface area contributed by atoms with Gasteiger partial charge in [0, 0.05) is 13.1 Å². The maximum atomic E-state index is 9.08. The molecule has 0 fully saturated rings. The summed E-state index contributed by atoms with van der Waals surface area (Å²) in [5, 5.41) is 9.08. The molecule has 1 aromatic carbocycles. The summed E-state index contributed by atoms with van der Waals surface area (Å²) in [6.07, 6.45) is 0. The third-order valence-electron chi connectivity index (χ3n) is 3.24. The van der Waals surface area contributed by atoms with Gasteiger partial charge in [-0.2, -0.15) is 5.26 Å². The third-order valence-corrected chi connectivity index (χ3v) is 3.24. The molecule has 0 bridgehead atoms. The van der Waals surface area contributed by atoms with E-state index < -0.39 is 0 Å². The first-order chi connectivity index (χ1) is 8.91. The summed E-state index contributed by atoms with van der Waals surface area (Å²) >= 11 is 0. The predicted octanol–water partition coefficient (Wildman–Crippen LogP) is 2.71. The topological polar surface area (TPSA) is 45.5 Å². The number of fused-ring (bicyclic) bond motifs is 1. The van der Waals surface area contributed by atoms with Crippen molar-refractivity contribution in [3.63, 3.8) is 0 Å². The summed E-state index contributed by atoms with van der Waals surface area (Å²) in [5.74, 6) is 1.63. The van der Waals surface area contributed by atoms with Crippen LogP contribution in [-0.2, 0) is 6.54 Å². The monoisotopic (exact) mass is 260 g/mol. The highest BCUT2D eigenvalue weighted by Crippen LogP contribution is 2.35. The van der Waals surface area contributed by atoms with Crippen LogP contribution < -0.4 is 9.47 Å². The Morgan fingerprint density at radius 2 is 1.95 bits per heavy atom. The Labute approximate surface area is 114 Å². The van der Waals surface area contributed by atoms with Gasteiger partial charge in [-0.05, 0) is 51.1 Å². The summed E-state index contributed by atoms with van der Waals surface area (Å²) < 4.78 is 10.8. The molecule has 102 valence electrons. The van der Waals surface area contributed by atoms with Gasteiger partial charge in [-0.3, -0.25) is 0 Å². The fourth-order valence-corrected chi connectivity index (χ4v) is 2.31. The highest BCUT2D eigenvalue weighted by atomic mass is 16.7. The van der Waals surface area contributed by atoms with Crippen LogP contribution in [0.15, 0.2) is 12.1 Å². The fraction of sp³-hybridized carbons (Fsp3) is 0.533. The summed E-state index contributed by atoms with van der Waals surface area (Å²) in [6.45, 7) is 7.81. The molecule has 0 unspecified atom stereocenters. The minimum absolute atomic E-state index is 0.301. The molecule has 1 aliphatic rings. The van der Waals surface area contributed by atoms with Gasteiger partial charge in [-0.25, -0.2) is 0 Å². The minimum Gasteiger partial charge on any atom is -0.454 e. The number of nitrogens with zero attached hydrogens (tertiary/aromatic N) is 2. The Balaban J connectivity index is 2.10. The van der Waals surface area contributed by atoms with E-state index >= 15 is 0 Å². The van der Waals surface area contributed by atoms with E-state index in [2.05, 4.69) is 17.9 Å². The van der Waals surface area contributed by atoms with E-state index in [1.54, 1.807) is 0 Å². The molecule has 0 aromatic heterocycles. The van der Waals surface area contributed by atoms with Crippen molar-refractivity contribution in [2.75, 3.05) is 20.4 Å². The van der Waals surface area contributed by atoms with Gasteiger partial charge < -0.3 is 14.4 Å². The molecular formula is C15H20N2O2. The second kappa shape index (κ2) is 5.10. The van der Waals surface area contributed by atoms with Crippen molar-refractivity contribution in [1.82, 2.24) is 4.90 Å². The first kappa shape index (κ1) is 13.7. The Morgan fingerprint density at radius 3 is 2.58 bits per heavy atom. The van der Waals surface area contributed by atoms with E-state index in [1.807, 2.05) is 33.0 Å². The van der Waals surface area contributed by atoms with Crippen LogP contribution in [0.4, 0.5) is 0 Å². The van der Waals surface area contributed by atoms with Crippen LogP contribution in [0.1, 0.15) is 25.0 Å². The first-order valence-electron chi connectivity index (χ1n) is 6.40. The highest BCUT2D eigenvalue weighted by molar-refractivity contribution is 5.48. The Morgan fingerprint density at radius 1 is 1.32 bits per heavy atom. The van der Waals surface area contributed by atoms with E-state index in [4.69, 9.17) is 14.7 Å². The van der Waals surface area contributed by atoms with E-state index in [-0.39, 0.29) is 5.41 Å². The molecular weight excluding hydrogens is 240 g/mol. The molecule has 4 heteroatoms. The van der Waals surface area contributed by atoms with Gasteiger partial charge in [0.05, 0.1) is 11.5 Å². The molecule has 4 nitrogen and oxygen atoms in total. The standard InChI is InChI=1S/C15H20N2O2/c1-11-5-13-14(19-10-18-13)6-12(11)7-17(4)9-15(2,3)8-16/h5-6H,7,9-10H2,1-4H3. The van der Waals surface area contributed by atoms with Gasteiger partial charge >= 0.3 is 0 Å². The van der Waals surface area contributed by atoms with E-state index in [9.17, 15) is 0 Å². The summed E-state index contributed by atoms with van der Waals surface area (Å²) in [7, 11) is 2.03. The summed E-state index contributed by atoms with van der Waals surface area (Å²) in [5.41, 5.74) is 2.06. The zero-order chi connectivity index (χ0) is 14.0. The lowest BCUT2D eigenvalue weighted by molar-refractivity contribution is 0.174. The lowest BCUT2D eigenvalue weighted by atomic mass is 9.95. The van der Waals surface area contributed by atoms with Crippen molar-refractivity contribution < 1.29 is 9.47 Å². The number of aryl methyl sites for hydroxylation is 1. The molecule has 0 aliphatic carbocycles. The van der Waals surface area contributed by atoms with E-state index in [0.29, 0.717) is 6.79 Å². The molecule has 0 radical (unpaired) electrons. The molecule has 19 heavy (non-hydrogen) atoms. The molecule has 1 heterocycles. The van der Waals surface area contributed by atoms with Crippen molar-refractivity contribution in [3.8, 4) is 17.6 Å². The first-order valence-corrected chi connectivity index (χ1v) is 6.40. The summed E-state index contributed by atoms with van der Waals surface area (Å²) in [4.78, 5) is 2.16. The zero-order valence-corrected chi connectivity index (χ0v) is 12.0. The van der Waals surface area contributed by atoms with Gasteiger partial charge in [0.1, 0.15) is 0 Å². The minimum atomic E-state index is -0.334. The van der Waals surface area contributed by atoms with Crippen molar-refractivity contribution in [2.24, 2.45) is 5.41 Å². The van der Waals surface area contributed by atoms with Crippen molar-refractivity contribution in [1.29, 1.82) is 5.26 Å². The number of ether oxygens (including phenoxy) is 2. The van der Waals surface area contributed by atoms with Gasteiger partial charge in [0.15, 0.2) is 11.5 Å². The Bertz CT molecular complexity index is 518. The van der Waals surface area contributed by atoms with Crippen LogP contribution >= 0.6 is 0 Å². The van der Waals surface area contributed by atoms with Gasteiger partial charge in [0.2, 0.25) is 6.79 Å². The van der Waals surface area contributed by atoms with E-state index in [1.165, 1.54) is 11.1 Å². The molecule has 0 N–H and O–H groups in total. The molecule has 1 aliphatic heterocycles. The van der Waals surface area contributed by atoms with Crippen molar-refractivity contribution in [2.45, 2.75) is 27.3 Å².